The van der Waals surface area contributed by atoms with Gasteiger partial charge >= 0.3 is 0 Å². The van der Waals surface area contributed by atoms with Crippen LogP contribution >= 0.6 is 11.6 Å². The molecule has 0 N–H and O–H groups in total. The Balaban J connectivity index is 1.65. The van der Waals surface area contributed by atoms with Gasteiger partial charge in [-0.2, -0.15) is 0 Å². The first-order chi connectivity index (χ1) is 18.2. The third kappa shape index (κ3) is 10.4. The second-order valence-electron chi connectivity index (χ2n) is 9.81. The van der Waals surface area contributed by atoms with Gasteiger partial charge in [0, 0.05) is 17.0 Å². The average molecular weight is 522 g/mol. The minimum Gasteiger partial charge on any atom is -0.493 e. The topological polar surface area (TPSA) is 31.4 Å². The van der Waals surface area contributed by atoms with Gasteiger partial charge in [0.2, 0.25) is 0 Å². The zero-order valence-electron chi connectivity index (χ0n) is 22.8. The van der Waals surface area contributed by atoms with Crippen LogP contribution in [0.2, 0.25) is 5.02 Å². The number of para-hydroxylation sites is 1. The molecule has 0 atom stereocenters. The van der Waals surface area contributed by atoms with E-state index in [1.807, 2.05) is 54.6 Å². The molecular weight excluding hydrogens is 478 g/mol. The number of pyridine rings is 1. The van der Waals surface area contributed by atoms with E-state index < -0.39 is 0 Å². The number of fused-ring (bicyclic) bond motifs is 1. The minimum absolute atomic E-state index is 0.642. The molecule has 3 rings (SSSR count). The van der Waals surface area contributed by atoms with Gasteiger partial charge in [0.05, 0.1) is 29.4 Å². The normalized spacial score (nSPS) is 11.4. The molecule has 0 saturated heterocycles. The van der Waals surface area contributed by atoms with Crippen molar-refractivity contribution in [2.75, 3.05) is 13.2 Å². The van der Waals surface area contributed by atoms with Crippen molar-refractivity contribution < 1.29 is 9.47 Å². The zero-order valence-corrected chi connectivity index (χ0v) is 23.6. The summed E-state index contributed by atoms with van der Waals surface area (Å²) >= 11 is 6.53. The summed E-state index contributed by atoms with van der Waals surface area (Å²) in [7, 11) is 0. The highest BCUT2D eigenvalue weighted by atomic mass is 35.5. The lowest BCUT2D eigenvalue weighted by atomic mass is 10.1. The van der Waals surface area contributed by atoms with Crippen LogP contribution in [0.4, 0.5) is 0 Å². The van der Waals surface area contributed by atoms with Gasteiger partial charge in [-0.3, -0.25) is 0 Å². The molecule has 1 heterocycles. The molecule has 3 nitrogen and oxygen atoms in total. The number of unbranched alkanes of at least 4 members (excludes halogenated alkanes) is 10. The second kappa shape index (κ2) is 17.1. The Kier molecular flexibility index (Phi) is 13.4. The van der Waals surface area contributed by atoms with E-state index >= 15 is 0 Å². The molecule has 3 aromatic rings. The van der Waals surface area contributed by atoms with Crippen LogP contribution in [-0.4, -0.2) is 18.2 Å². The van der Waals surface area contributed by atoms with Gasteiger partial charge in [0.15, 0.2) is 0 Å². The number of hydrogen-bond acceptors (Lipinski definition) is 3. The Morgan fingerprint density at radius 1 is 0.703 bits per heavy atom. The van der Waals surface area contributed by atoms with Gasteiger partial charge in [0.1, 0.15) is 11.5 Å². The zero-order chi connectivity index (χ0) is 26.1. The number of aromatic nitrogens is 1. The van der Waals surface area contributed by atoms with Gasteiger partial charge in [-0.1, -0.05) is 108 Å². The van der Waals surface area contributed by atoms with Crippen molar-refractivity contribution in [1.29, 1.82) is 0 Å². The second-order valence-corrected chi connectivity index (χ2v) is 10.2. The van der Waals surface area contributed by atoms with E-state index in [0.717, 1.165) is 53.1 Å². The predicted molar refractivity (Wildman–Crippen MR) is 160 cm³/mol. The molecule has 0 spiro atoms. The highest BCUT2D eigenvalue weighted by Gasteiger charge is 2.07. The van der Waals surface area contributed by atoms with Crippen molar-refractivity contribution >= 4 is 34.7 Å². The van der Waals surface area contributed by atoms with Crippen molar-refractivity contribution in [3.63, 3.8) is 0 Å². The molecule has 0 unspecified atom stereocenters. The fraction of sp³-hybridized carbons (Fsp3) is 0.485. The summed E-state index contributed by atoms with van der Waals surface area (Å²) in [4.78, 5) is 4.74. The molecule has 2 aromatic carbocycles. The SMILES string of the molecule is CCCCCCCCOc1ccc(/C=C/c2nc3ccccc3cc2Cl)c(OCCCCCCCC)c1. The Hall–Kier alpha value is -2.52. The van der Waals surface area contributed by atoms with Crippen molar-refractivity contribution in [1.82, 2.24) is 4.98 Å². The van der Waals surface area contributed by atoms with E-state index in [4.69, 9.17) is 26.1 Å². The third-order valence-corrected chi connectivity index (χ3v) is 6.94. The van der Waals surface area contributed by atoms with Crippen LogP contribution in [0.5, 0.6) is 11.5 Å². The maximum Gasteiger partial charge on any atom is 0.130 e. The van der Waals surface area contributed by atoms with Crippen molar-refractivity contribution in [3.05, 3.63) is 64.8 Å². The van der Waals surface area contributed by atoms with Crippen molar-refractivity contribution in [2.45, 2.75) is 90.9 Å². The van der Waals surface area contributed by atoms with Crippen LogP contribution in [-0.2, 0) is 0 Å². The number of ether oxygens (including phenoxy) is 2. The maximum absolute atomic E-state index is 6.53. The third-order valence-electron chi connectivity index (χ3n) is 6.63. The highest BCUT2D eigenvalue weighted by molar-refractivity contribution is 6.32. The lowest BCUT2D eigenvalue weighted by molar-refractivity contribution is 0.289. The summed E-state index contributed by atoms with van der Waals surface area (Å²) in [5.41, 5.74) is 2.69. The molecule has 0 aliphatic heterocycles. The molecule has 0 bridgehead atoms. The summed E-state index contributed by atoms with van der Waals surface area (Å²) < 4.78 is 12.3. The van der Waals surface area contributed by atoms with Gasteiger partial charge in [-0.05, 0) is 49.3 Å². The van der Waals surface area contributed by atoms with Gasteiger partial charge in [0.25, 0.3) is 0 Å². The largest absolute Gasteiger partial charge is 0.493 e. The van der Waals surface area contributed by atoms with E-state index in [2.05, 4.69) is 19.9 Å². The smallest absolute Gasteiger partial charge is 0.130 e. The molecule has 0 fully saturated rings. The molecule has 37 heavy (non-hydrogen) atoms. The monoisotopic (exact) mass is 521 g/mol. The summed E-state index contributed by atoms with van der Waals surface area (Å²) in [5.74, 6) is 1.72. The molecule has 0 radical (unpaired) electrons. The summed E-state index contributed by atoms with van der Waals surface area (Å²) in [5, 5.41) is 1.68. The minimum atomic E-state index is 0.642. The number of benzene rings is 2. The summed E-state index contributed by atoms with van der Waals surface area (Å²) in [6.45, 7) is 5.96. The quantitative estimate of drug-likeness (QED) is 0.156. The van der Waals surface area contributed by atoms with Crippen LogP contribution < -0.4 is 9.47 Å². The maximum atomic E-state index is 6.53. The van der Waals surface area contributed by atoms with E-state index in [1.54, 1.807) is 0 Å². The first-order valence-electron chi connectivity index (χ1n) is 14.3. The molecule has 200 valence electrons. The van der Waals surface area contributed by atoms with E-state index in [9.17, 15) is 0 Å². The number of rotatable bonds is 18. The average Bonchev–Trinajstić information content (AvgIpc) is 2.91. The lowest BCUT2D eigenvalue weighted by Crippen LogP contribution is -2.01. The lowest BCUT2D eigenvalue weighted by Gasteiger charge is -2.13. The van der Waals surface area contributed by atoms with Gasteiger partial charge < -0.3 is 9.47 Å². The van der Waals surface area contributed by atoms with Crippen molar-refractivity contribution in [3.8, 4) is 11.5 Å². The molecule has 0 amide bonds. The van der Waals surface area contributed by atoms with Crippen molar-refractivity contribution in [2.24, 2.45) is 0 Å². The Morgan fingerprint density at radius 2 is 1.35 bits per heavy atom. The van der Waals surface area contributed by atoms with E-state index in [-0.39, 0.29) is 0 Å². The van der Waals surface area contributed by atoms with Crippen LogP contribution in [0, 0.1) is 0 Å². The fourth-order valence-corrected chi connectivity index (χ4v) is 4.62. The standard InChI is InChI=1S/C33H44ClNO2/c1-3-5-7-9-11-15-23-36-29-21-19-27(33(26-29)37-24-16-12-10-8-6-4-2)20-22-32-30(34)25-28-17-13-14-18-31(28)35-32/h13-14,17-22,25-26H,3-12,15-16,23-24H2,1-2H3/b22-20+. The Labute approximate surface area is 229 Å². The molecule has 0 saturated carbocycles. The number of nitrogens with zero attached hydrogens (tertiary/aromatic N) is 1. The first kappa shape index (κ1) is 29.0. The van der Waals surface area contributed by atoms with E-state index in [1.165, 1.54) is 64.2 Å². The molecule has 0 aliphatic carbocycles. The highest BCUT2D eigenvalue weighted by Crippen LogP contribution is 2.29. The molecular formula is C33H44ClNO2. The van der Waals surface area contributed by atoms with E-state index in [0.29, 0.717) is 11.6 Å². The Morgan fingerprint density at radius 3 is 2.08 bits per heavy atom. The number of halogens is 1. The summed E-state index contributed by atoms with van der Waals surface area (Å²) in [6, 6.07) is 16.1. The molecule has 0 aliphatic rings. The fourth-order valence-electron chi connectivity index (χ4n) is 4.39. The van der Waals surface area contributed by atoms with Gasteiger partial charge in [-0.15, -0.1) is 0 Å². The Bertz CT molecular complexity index is 1090. The first-order valence-corrected chi connectivity index (χ1v) is 14.7. The molecule has 4 heteroatoms. The molecule has 1 aromatic heterocycles. The number of hydrogen-bond donors (Lipinski definition) is 0. The van der Waals surface area contributed by atoms with Crippen LogP contribution in [0.15, 0.2) is 48.5 Å². The summed E-state index contributed by atoms with van der Waals surface area (Å²) in [6.07, 6.45) is 19.0. The predicted octanol–water partition coefficient (Wildman–Crippen LogP) is 10.5. The van der Waals surface area contributed by atoms with Crippen LogP contribution in [0.25, 0.3) is 23.1 Å². The van der Waals surface area contributed by atoms with Gasteiger partial charge in [-0.25, -0.2) is 4.98 Å². The van der Waals surface area contributed by atoms with Crippen LogP contribution in [0.3, 0.4) is 0 Å². The van der Waals surface area contributed by atoms with Crippen LogP contribution in [0.1, 0.15) is 102 Å².